The molecule has 0 N–H and O–H groups in total. The Morgan fingerprint density at radius 1 is 1.29 bits per heavy atom. The van der Waals surface area contributed by atoms with Crippen LogP contribution in [-0.2, 0) is 11.2 Å². The molecule has 1 heterocycles. The first kappa shape index (κ1) is 12.6. The summed E-state index contributed by atoms with van der Waals surface area (Å²) < 4.78 is 5.30. The van der Waals surface area contributed by atoms with Gasteiger partial charge in [0, 0.05) is 25.2 Å². The first-order valence-electron chi connectivity index (χ1n) is 5.85. The second-order valence-electron chi connectivity index (χ2n) is 4.13. The zero-order valence-corrected chi connectivity index (χ0v) is 10.4. The van der Waals surface area contributed by atoms with Crippen molar-refractivity contribution in [3.8, 4) is 0 Å². The maximum absolute atomic E-state index is 11.2. The normalized spacial score (nSPS) is 17.0. The van der Waals surface area contributed by atoms with Crippen molar-refractivity contribution in [2.45, 2.75) is 6.42 Å². The second-order valence-corrected chi connectivity index (χ2v) is 4.48. The zero-order valence-electron chi connectivity index (χ0n) is 9.69. The lowest BCUT2D eigenvalue weighted by Crippen LogP contribution is -2.37. The van der Waals surface area contributed by atoms with Crippen molar-refractivity contribution in [1.29, 1.82) is 0 Å². The van der Waals surface area contributed by atoms with Crippen LogP contribution >= 0.6 is 11.6 Å². The maximum atomic E-state index is 11.2. The summed E-state index contributed by atoms with van der Waals surface area (Å²) in [5.74, 6) is 0. The lowest BCUT2D eigenvalue weighted by atomic mass is 10.1. The van der Waals surface area contributed by atoms with Crippen molar-refractivity contribution in [3.05, 3.63) is 35.4 Å². The Bertz CT molecular complexity index is 389. The van der Waals surface area contributed by atoms with Crippen LogP contribution in [0.4, 0.5) is 0 Å². The third kappa shape index (κ3) is 3.53. The highest BCUT2D eigenvalue weighted by Gasteiger charge is 2.12. The van der Waals surface area contributed by atoms with E-state index in [1.165, 1.54) is 0 Å². The van der Waals surface area contributed by atoms with Crippen molar-refractivity contribution in [2.75, 3.05) is 32.8 Å². The zero-order chi connectivity index (χ0) is 12.1. The Balaban J connectivity index is 1.96. The molecule has 0 unspecified atom stereocenters. The van der Waals surface area contributed by atoms with E-state index in [-0.39, 0.29) is 5.24 Å². The molecule has 3 nitrogen and oxygen atoms in total. The number of halogens is 1. The molecular weight excluding hydrogens is 238 g/mol. The number of nitrogens with zero attached hydrogens (tertiary/aromatic N) is 1. The van der Waals surface area contributed by atoms with Crippen LogP contribution in [0, 0.1) is 0 Å². The molecule has 0 aromatic heterocycles. The van der Waals surface area contributed by atoms with Crippen molar-refractivity contribution in [3.63, 3.8) is 0 Å². The highest BCUT2D eigenvalue weighted by Crippen LogP contribution is 2.13. The predicted octanol–water partition coefficient (Wildman–Crippen LogP) is 1.94. The number of hydrogen-bond acceptors (Lipinski definition) is 3. The van der Waals surface area contributed by atoms with E-state index < -0.39 is 0 Å². The lowest BCUT2D eigenvalue weighted by molar-refractivity contribution is 0.0384. The van der Waals surface area contributed by atoms with Crippen molar-refractivity contribution in [1.82, 2.24) is 4.90 Å². The molecule has 0 radical (unpaired) electrons. The maximum Gasteiger partial charge on any atom is 0.252 e. The number of carbonyl (C=O) groups excluding carboxylic acids is 1. The van der Waals surface area contributed by atoms with E-state index in [9.17, 15) is 4.79 Å². The molecule has 0 bridgehead atoms. The van der Waals surface area contributed by atoms with E-state index in [1.807, 2.05) is 18.2 Å². The van der Waals surface area contributed by atoms with Crippen LogP contribution in [-0.4, -0.2) is 43.0 Å². The summed E-state index contributed by atoms with van der Waals surface area (Å²) in [7, 11) is 0. The summed E-state index contributed by atoms with van der Waals surface area (Å²) >= 11 is 5.56. The van der Waals surface area contributed by atoms with Crippen LogP contribution in [0.25, 0.3) is 0 Å². The van der Waals surface area contributed by atoms with E-state index in [2.05, 4.69) is 4.90 Å². The molecule has 1 fully saturated rings. The smallest absolute Gasteiger partial charge is 0.252 e. The Labute approximate surface area is 106 Å². The molecule has 4 heteroatoms. The lowest BCUT2D eigenvalue weighted by Gasteiger charge is -2.26. The molecule has 0 saturated carbocycles. The number of rotatable bonds is 4. The molecule has 0 atom stereocenters. The summed E-state index contributed by atoms with van der Waals surface area (Å²) in [5, 5.41) is -0.373. The largest absolute Gasteiger partial charge is 0.379 e. The van der Waals surface area contributed by atoms with E-state index in [0.717, 1.165) is 44.8 Å². The van der Waals surface area contributed by atoms with E-state index >= 15 is 0 Å². The van der Waals surface area contributed by atoms with Gasteiger partial charge < -0.3 is 4.74 Å². The minimum atomic E-state index is -0.373. The van der Waals surface area contributed by atoms with Crippen LogP contribution < -0.4 is 0 Å². The van der Waals surface area contributed by atoms with E-state index in [0.29, 0.717) is 5.56 Å². The minimum absolute atomic E-state index is 0.373. The van der Waals surface area contributed by atoms with Gasteiger partial charge in [-0.25, -0.2) is 0 Å². The average molecular weight is 254 g/mol. The fourth-order valence-electron chi connectivity index (χ4n) is 2.03. The van der Waals surface area contributed by atoms with Gasteiger partial charge >= 0.3 is 0 Å². The quantitative estimate of drug-likeness (QED) is 0.768. The monoisotopic (exact) mass is 253 g/mol. The van der Waals surface area contributed by atoms with E-state index in [1.54, 1.807) is 6.07 Å². The molecule has 92 valence electrons. The number of ether oxygens (including phenoxy) is 1. The third-order valence-corrected chi connectivity index (χ3v) is 3.23. The minimum Gasteiger partial charge on any atom is -0.379 e. The van der Waals surface area contributed by atoms with Crippen LogP contribution in [0.15, 0.2) is 24.3 Å². The Kier molecular flexibility index (Phi) is 4.54. The molecule has 1 aromatic rings. The van der Waals surface area contributed by atoms with Gasteiger partial charge in [0.1, 0.15) is 0 Å². The summed E-state index contributed by atoms with van der Waals surface area (Å²) in [4.78, 5) is 13.6. The molecule has 0 spiro atoms. The summed E-state index contributed by atoms with van der Waals surface area (Å²) in [5.41, 5.74) is 1.65. The number of morpholine rings is 1. The van der Waals surface area contributed by atoms with Gasteiger partial charge in [-0.3, -0.25) is 9.69 Å². The molecule has 1 saturated heterocycles. The second kappa shape index (κ2) is 6.15. The van der Waals surface area contributed by atoms with Gasteiger partial charge in [-0.15, -0.1) is 0 Å². The molecular formula is C13H16ClNO2. The number of hydrogen-bond donors (Lipinski definition) is 0. The van der Waals surface area contributed by atoms with Gasteiger partial charge in [0.05, 0.1) is 13.2 Å². The summed E-state index contributed by atoms with van der Waals surface area (Å²) in [6, 6.07) is 7.53. The van der Waals surface area contributed by atoms with Crippen LogP contribution in [0.1, 0.15) is 15.9 Å². The highest BCUT2D eigenvalue weighted by atomic mass is 35.5. The van der Waals surface area contributed by atoms with Crippen LogP contribution in [0.2, 0.25) is 0 Å². The van der Waals surface area contributed by atoms with Crippen molar-refractivity contribution >= 4 is 16.8 Å². The Morgan fingerprint density at radius 3 is 2.71 bits per heavy atom. The fraction of sp³-hybridized carbons (Fsp3) is 0.462. The van der Waals surface area contributed by atoms with Gasteiger partial charge in [0.2, 0.25) is 0 Å². The Hall–Kier alpha value is -0.900. The third-order valence-electron chi connectivity index (χ3n) is 3.03. The molecule has 17 heavy (non-hydrogen) atoms. The summed E-state index contributed by atoms with van der Waals surface area (Å²) in [6.07, 6.45) is 0.856. The highest BCUT2D eigenvalue weighted by molar-refractivity contribution is 6.67. The van der Waals surface area contributed by atoms with Crippen LogP contribution in [0.3, 0.4) is 0 Å². The molecule has 0 aliphatic carbocycles. The van der Waals surface area contributed by atoms with Gasteiger partial charge in [-0.2, -0.15) is 0 Å². The molecule has 1 aliphatic rings. The van der Waals surface area contributed by atoms with Gasteiger partial charge in [0.15, 0.2) is 0 Å². The van der Waals surface area contributed by atoms with Gasteiger partial charge in [-0.1, -0.05) is 18.2 Å². The molecule has 2 rings (SSSR count). The summed E-state index contributed by atoms with van der Waals surface area (Å²) in [6.45, 7) is 4.49. The number of benzene rings is 1. The van der Waals surface area contributed by atoms with Crippen molar-refractivity contribution < 1.29 is 9.53 Å². The first-order valence-corrected chi connectivity index (χ1v) is 6.23. The Morgan fingerprint density at radius 2 is 2.00 bits per heavy atom. The first-order chi connectivity index (χ1) is 8.27. The van der Waals surface area contributed by atoms with Crippen LogP contribution in [0.5, 0.6) is 0 Å². The molecule has 1 aliphatic heterocycles. The van der Waals surface area contributed by atoms with Gasteiger partial charge in [-0.05, 0) is 29.7 Å². The topological polar surface area (TPSA) is 29.5 Å². The molecule has 1 aromatic carbocycles. The standard InChI is InChI=1S/C13H16ClNO2/c14-13(16)12-4-2-1-3-11(12)5-6-15-7-9-17-10-8-15/h1-4H,5-10H2. The fourth-order valence-corrected chi connectivity index (χ4v) is 2.22. The molecule has 0 amide bonds. The van der Waals surface area contributed by atoms with E-state index in [4.69, 9.17) is 16.3 Å². The number of carbonyl (C=O) groups is 1. The SMILES string of the molecule is O=C(Cl)c1ccccc1CCN1CCOCC1. The van der Waals surface area contributed by atoms with Gasteiger partial charge in [0.25, 0.3) is 5.24 Å². The van der Waals surface area contributed by atoms with Crippen molar-refractivity contribution in [2.24, 2.45) is 0 Å². The predicted molar refractivity (Wildman–Crippen MR) is 67.6 cm³/mol. The average Bonchev–Trinajstić information content (AvgIpc) is 2.38.